The van der Waals surface area contributed by atoms with Gasteiger partial charge in [-0.2, -0.15) is 0 Å². The normalized spacial score (nSPS) is 24.6. The number of nitrogens with zero attached hydrogens (tertiary/aromatic N) is 2. The van der Waals surface area contributed by atoms with Crippen LogP contribution < -0.4 is 0 Å². The van der Waals surface area contributed by atoms with Gasteiger partial charge in [-0.25, -0.2) is 4.79 Å². The number of aliphatic carboxylic acids is 1. The van der Waals surface area contributed by atoms with E-state index in [2.05, 4.69) is 9.80 Å². The summed E-state index contributed by atoms with van der Waals surface area (Å²) in [5.41, 5.74) is 0.941. The lowest BCUT2D eigenvalue weighted by molar-refractivity contribution is -0.131. The number of carboxylic acids is 1. The smallest absolute Gasteiger partial charge is 0.328 e. The molecule has 2 rings (SSSR count). The molecule has 1 aliphatic carbocycles. The molecule has 1 heterocycles. The topological polar surface area (TPSA) is 43.8 Å². The monoisotopic (exact) mass is 252 g/mol. The Hall–Kier alpha value is -0.870. The van der Waals surface area contributed by atoms with Gasteiger partial charge in [0.15, 0.2) is 0 Å². The first kappa shape index (κ1) is 13.6. The lowest BCUT2D eigenvalue weighted by atomic mass is 10.1. The van der Waals surface area contributed by atoms with Gasteiger partial charge in [0.2, 0.25) is 0 Å². The van der Waals surface area contributed by atoms with Crippen molar-refractivity contribution in [2.24, 2.45) is 0 Å². The summed E-state index contributed by atoms with van der Waals surface area (Å²) in [5.74, 6) is -0.836. The second-order valence-corrected chi connectivity index (χ2v) is 5.58. The van der Waals surface area contributed by atoms with Gasteiger partial charge in [-0.05, 0) is 19.8 Å². The zero-order valence-corrected chi connectivity index (χ0v) is 11.3. The summed E-state index contributed by atoms with van der Waals surface area (Å²) in [6, 6.07) is 0.822. The summed E-state index contributed by atoms with van der Waals surface area (Å²) in [6.45, 7) is 7.13. The van der Waals surface area contributed by atoms with E-state index in [1.165, 1.54) is 31.8 Å². The van der Waals surface area contributed by atoms with Crippen LogP contribution in [0.4, 0.5) is 0 Å². The predicted octanol–water partition coefficient (Wildman–Crippen LogP) is 1.58. The highest BCUT2D eigenvalue weighted by Gasteiger charge is 2.25. The standard InChI is InChI=1S/C14H24N2O2/c1-12(10-14(17)18)11-15-6-8-16(9-7-15)13-4-2-3-5-13/h10,13H,2-9,11H2,1H3,(H,17,18). The van der Waals surface area contributed by atoms with Gasteiger partial charge in [0.25, 0.3) is 0 Å². The molecule has 0 atom stereocenters. The maximum atomic E-state index is 10.6. The average Bonchev–Trinajstić information content (AvgIpc) is 2.82. The van der Waals surface area contributed by atoms with E-state index in [4.69, 9.17) is 5.11 Å². The summed E-state index contributed by atoms with van der Waals surface area (Å²) in [7, 11) is 0. The van der Waals surface area contributed by atoms with Crippen molar-refractivity contribution in [3.63, 3.8) is 0 Å². The Balaban J connectivity index is 1.74. The second kappa shape index (κ2) is 6.34. The molecule has 0 unspecified atom stereocenters. The zero-order chi connectivity index (χ0) is 13.0. The number of carboxylic acid groups (broad SMARTS) is 1. The zero-order valence-electron chi connectivity index (χ0n) is 11.3. The molecule has 102 valence electrons. The Labute approximate surface area is 109 Å². The van der Waals surface area contributed by atoms with Crippen molar-refractivity contribution in [3.8, 4) is 0 Å². The van der Waals surface area contributed by atoms with Crippen LogP contribution in [0.3, 0.4) is 0 Å². The molecule has 0 radical (unpaired) electrons. The molecular formula is C14H24N2O2. The maximum absolute atomic E-state index is 10.6. The summed E-state index contributed by atoms with van der Waals surface area (Å²) in [6.07, 6.45) is 6.86. The lowest BCUT2D eigenvalue weighted by Gasteiger charge is -2.38. The quantitative estimate of drug-likeness (QED) is 0.772. The van der Waals surface area contributed by atoms with E-state index in [0.29, 0.717) is 0 Å². The first-order valence-electron chi connectivity index (χ1n) is 7.01. The molecule has 1 saturated heterocycles. The minimum absolute atomic E-state index is 0.796. The Morgan fingerprint density at radius 2 is 1.83 bits per heavy atom. The molecular weight excluding hydrogens is 228 g/mol. The van der Waals surface area contributed by atoms with Gasteiger partial charge < -0.3 is 5.11 Å². The van der Waals surface area contributed by atoms with Gasteiger partial charge in [0, 0.05) is 44.8 Å². The van der Waals surface area contributed by atoms with Crippen LogP contribution >= 0.6 is 0 Å². The third-order valence-corrected chi connectivity index (χ3v) is 4.09. The van der Waals surface area contributed by atoms with Crippen LogP contribution in [-0.4, -0.2) is 59.6 Å². The number of hydrogen-bond donors (Lipinski definition) is 1. The molecule has 0 aromatic heterocycles. The average molecular weight is 252 g/mol. The van der Waals surface area contributed by atoms with E-state index in [9.17, 15) is 4.79 Å². The van der Waals surface area contributed by atoms with E-state index in [-0.39, 0.29) is 0 Å². The number of piperazine rings is 1. The SMILES string of the molecule is CC(=CC(=O)O)CN1CCN(C2CCCC2)CC1. The molecule has 1 aliphatic heterocycles. The molecule has 0 aromatic rings. The largest absolute Gasteiger partial charge is 0.478 e. The van der Waals surface area contributed by atoms with Crippen LogP contribution in [0, 0.1) is 0 Å². The molecule has 2 aliphatic rings. The number of rotatable bonds is 4. The molecule has 1 saturated carbocycles. The van der Waals surface area contributed by atoms with Gasteiger partial charge in [-0.3, -0.25) is 9.80 Å². The van der Waals surface area contributed by atoms with Crippen molar-refractivity contribution in [2.45, 2.75) is 38.6 Å². The predicted molar refractivity (Wildman–Crippen MR) is 71.7 cm³/mol. The molecule has 2 fully saturated rings. The third-order valence-electron chi connectivity index (χ3n) is 4.09. The molecule has 0 amide bonds. The van der Waals surface area contributed by atoms with Crippen LogP contribution in [0.25, 0.3) is 0 Å². The Morgan fingerprint density at radius 3 is 2.39 bits per heavy atom. The fourth-order valence-electron chi connectivity index (χ4n) is 3.17. The van der Waals surface area contributed by atoms with Gasteiger partial charge in [-0.15, -0.1) is 0 Å². The summed E-state index contributed by atoms with van der Waals surface area (Å²) >= 11 is 0. The molecule has 0 spiro atoms. The minimum Gasteiger partial charge on any atom is -0.478 e. The third kappa shape index (κ3) is 3.82. The Bertz CT molecular complexity index is 314. The molecule has 4 heteroatoms. The van der Waals surface area contributed by atoms with Gasteiger partial charge in [-0.1, -0.05) is 18.4 Å². The van der Waals surface area contributed by atoms with E-state index in [0.717, 1.165) is 44.3 Å². The Kier molecular flexibility index (Phi) is 4.78. The molecule has 0 aromatic carbocycles. The Morgan fingerprint density at radius 1 is 1.22 bits per heavy atom. The lowest BCUT2D eigenvalue weighted by Crippen LogP contribution is -2.49. The fraction of sp³-hybridized carbons (Fsp3) is 0.786. The van der Waals surface area contributed by atoms with E-state index < -0.39 is 5.97 Å². The van der Waals surface area contributed by atoms with Crippen molar-refractivity contribution < 1.29 is 9.90 Å². The van der Waals surface area contributed by atoms with Crippen molar-refractivity contribution in [1.29, 1.82) is 0 Å². The van der Waals surface area contributed by atoms with Crippen LogP contribution in [0.1, 0.15) is 32.6 Å². The molecule has 0 bridgehead atoms. The van der Waals surface area contributed by atoms with Crippen LogP contribution in [0.5, 0.6) is 0 Å². The van der Waals surface area contributed by atoms with Crippen molar-refractivity contribution in [3.05, 3.63) is 11.6 Å². The second-order valence-electron chi connectivity index (χ2n) is 5.58. The van der Waals surface area contributed by atoms with Crippen molar-refractivity contribution >= 4 is 5.97 Å². The fourth-order valence-corrected chi connectivity index (χ4v) is 3.17. The van der Waals surface area contributed by atoms with Crippen LogP contribution in [0.2, 0.25) is 0 Å². The highest BCUT2D eigenvalue weighted by molar-refractivity contribution is 5.80. The summed E-state index contributed by atoms with van der Waals surface area (Å²) < 4.78 is 0. The van der Waals surface area contributed by atoms with Crippen molar-refractivity contribution in [2.75, 3.05) is 32.7 Å². The molecule has 4 nitrogen and oxygen atoms in total. The van der Waals surface area contributed by atoms with Gasteiger partial charge in [0.1, 0.15) is 0 Å². The summed E-state index contributed by atoms with van der Waals surface area (Å²) in [4.78, 5) is 15.6. The van der Waals surface area contributed by atoms with E-state index in [1.807, 2.05) is 6.92 Å². The number of carbonyl (C=O) groups is 1. The van der Waals surface area contributed by atoms with E-state index in [1.54, 1.807) is 0 Å². The van der Waals surface area contributed by atoms with Gasteiger partial charge in [0.05, 0.1) is 0 Å². The highest BCUT2D eigenvalue weighted by atomic mass is 16.4. The molecule has 1 N–H and O–H groups in total. The summed E-state index contributed by atoms with van der Waals surface area (Å²) in [5, 5.41) is 8.70. The van der Waals surface area contributed by atoms with Crippen molar-refractivity contribution in [1.82, 2.24) is 9.80 Å². The minimum atomic E-state index is -0.836. The van der Waals surface area contributed by atoms with E-state index >= 15 is 0 Å². The first-order chi connectivity index (χ1) is 8.65. The van der Waals surface area contributed by atoms with Crippen LogP contribution in [0.15, 0.2) is 11.6 Å². The highest BCUT2D eigenvalue weighted by Crippen LogP contribution is 2.24. The maximum Gasteiger partial charge on any atom is 0.328 e. The number of hydrogen-bond acceptors (Lipinski definition) is 3. The van der Waals surface area contributed by atoms with Gasteiger partial charge >= 0.3 is 5.97 Å². The van der Waals surface area contributed by atoms with Crippen LogP contribution in [-0.2, 0) is 4.79 Å². The molecule has 18 heavy (non-hydrogen) atoms. The first-order valence-corrected chi connectivity index (χ1v) is 7.01.